The Hall–Kier alpha value is -2.63. The molecule has 0 saturated heterocycles. The maximum Gasteiger partial charge on any atom is 0.318 e. The van der Waals surface area contributed by atoms with Crippen molar-refractivity contribution in [1.29, 1.82) is 0 Å². The number of aryl methyl sites for hydroxylation is 1. The third-order valence-electron chi connectivity index (χ3n) is 5.57. The molecular weight excluding hydrogens is 431 g/mol. The van der Waals surface area contributed by atoms with Crippen molar-refractivity contribution in [1.82, 2.24) is 20.2 Å². The van der Waals surface area contributed by atoms with Crippen molar-refractivity contribution in [3.8, 4) is 0 Å². The van der Waals surface area contributed by atoms with Crippen molar-refractivity contribution >= 4 is 29.2 Å². The Balaban J connectivity index is 1.43. The van der Waals surface area contributed by atoms with Crippen LogP contribution >= 0.6 is 23.2 Å². The second-order valence-electron chi connectivity index (χ2n) is 7.94. The second kappa shape index (κ2) is 9.25. The Bertz CT molecular complexity index is 1120. The van der Waals surface area contributed by atoms with Crippen molar-refractivity contribution in [2.24, 2.45) is 0 Å². The lowest BCUT2D eigenvalue weighted by molar-refractivity contribution is 0.189. The van der Waals surface area contributed by atoms with E-state index in [1.165, 1.54) is 11.1 Å². The summed E-state index contributed by atoms with van der Waals surface area (Å²) in [5.74, 6) is 0. The van der Waals surface area contributed by atoms with Gasteiger partial charge in [-0.05, 0) is 72.9 Å². The molecule has 31 heavy (non-hydrogen) atoms. The molecular formula is C24H24Cl2N4O. The quantitative estimate of drug-likeness (QED) is 0.564. The molecule has 0 aliphatic carbocycles. The minimum absolute atomic E-state index is 0.0904. The van der Waals surface area contributed by atoms with E-state index in [4.69, 9.17) is 23.2 Å². The van der Waals surface area contributed by atoms with Gasteiger partial charge in [-0.25, -0.2) is 4.79 Å². The van der Waals surface area contributed by atoms with E-state index in [9.17, 15) is 4.79 Å². The summed E-state index contributed by atoms with van der Waals surface area (Å²) in [4.78, 5) is 23.6. The minimum atomic E-state index is -0.174. The van der Waals surface area contributed by atoms with Crippen LogP contribution in [-0.2, 0) is 19.4 Å². The summed E-state index contributed by atoms with van der Waals surface area (Å²) in [6, 6.07) is 11.4. The number of hydrogen-bond acceptors (Lipinski definition) is 3. The van der Waals surface area contributed by atoms with Crippen LogP contribution in [0.1, 0.15) is 46.6 Å². The molecule has 1 aliphatic heterocycles. The Morgan fingerprint density at radius 3 is 2.74 bits per heavy atom. The highest BCUT2D eigenvalue weighted by molar-refractivity contribution is 6.42. The second-order valence-corrected chi connectivity index (χ2v) is 8.76. The van der Waals surface area contributed by atoms with Crippen molar-refractivity contribution in [3.05, 3.63) is 92.5 Å². The van der Waals surface area contributed by atoms with Crippen LogP contribution in [-0.4, -0.2) is 27.4 Å². The summed E-state index contributed by atoms with van der Waals surface area (Å²) in [5, 5.41) is 4.05. The fraction of sp³-hybridized carbons (Fsp3) is 0.292. The first kappa shape index (κ1) is 21.6. The number of fused-ring (bicyclic) bond motifs is 1. The summed E-state index contributed by atoms with van der Waals surface area (Å²) in [6.45, 7) is 5.16. The molecule has 0 saturated carbocycles. The van der Waals surface area contributed by atoms with Crippen molar-refractivity contribution in [2.45, 2.75) is 39.3 Å². The van der Waals surface area contributed by atoms with Gasteiger partial charge in [-0.15, -0.1) is 0 Å². The number of nitrogens with one attached hydrogen (secondary N) is 1. The number of rotatable bonds is 4. The number of hydrogen-bond donors (Lipinski definition) is 1. The summed E-state index contributed by atoms with van der Waals surface area (Å²) < 4.78 is 0. The SMILES string of the molecule is Cc1cc(Cc2cc3c(cn2)CCN(C(=O)N[C@H](C)c2ccc(Cl)c(Cl)c2)C3)ccn1. The zero-order valence-electron chi connectivity index (χ0n) is 17.5. The van der Waals surface area contributed by atoms with Crippen LogP contribution in [0.4, 0.5) is 4.79 Å². The van der Waals surface area contributed by atoms with Crippen LogP contribution in [0, 0.1) is 6.92 Å². The van der Waals surface area contributed by atoms with Crippen LogP contribution < -0.4 is 5.32 Å². The van der Waals surface area contributed by atoms with Crippen molar-refractivity contribution in [3.63, 3.8) is 0 Å². The number of carbonyl (C=O) groups excluding carboxylic acids is 1. The molecule has 3 heterocycles. The minimum Gasteiger partial charge on any atom is -0.331 e. The van der Waals surface area contributed by atoms with E-state index in [0.717, 1.165) is 35.4 Å². The van der Waals surface area contributed by atoms with E-state index < -0.39 is 0 Å². The molecule has 0 unspecified atom stereocenters. The van der Waals surface area contributed by atoms with Crippen LogP contribution in [0.2, 0.25) is 10.0 Å². The smallest absolute Gasteiger partial charge is 0.318 e. The van der Waals surface area contributed by atoms with Crippen molar-refractivity contribution < 1.29 is 4.79 Å². The highest BCUT2D eigenvalue weighted by atomic mass is 35.5. The van der Waals surface area contributed by atoms with E-state index in [1.807, 2.05) is 43.3 Å². The Morgan fingerprint density at radius 2 is 1.97 bits per heavy atom. The van der Waals surface area contributed by atoms with Gasteiger partial charge in [0.25, 0.3) is 0 Å². The summed E-state index contributed by atoms with van der Waals surface area (Å²) in [5.41, 5.74) is 6.45. The number of urea groups is 1. The third-order valence-corrected chi connectivity index (χ3v) is 6.31. The molecule has 1 N–H and O–H groups in total. The lowest BCUT2D eigenvalue weighted by atomic mass is 9.99. The zero-order valence-corrected chi connectivity index (χ0v) is 19.0. The Labute approximate surface area is 192 Å². The Kier molecular flexibility index (Phi) is 6.44. The molecule has 2 aromatic heterocycles. The van der Waals surface area contributed by atoms with Crippen LogP contribution in [0.3, 0.4) is 0 Å². The van der Waals surface area contributed by atoms with Crippen LogP contribution in [0.5, 0.6) is 0 Å². The highest BCUT2D eigenvalue weighted by Crippen LogP contribution is 2.26. The fourth-order valence-electron chi connectivity index (χ4n) is 3.82. The first-order valence-electron chi connectivity index (χ1n) is 10.3. The van der Waals surface area contributed by atoms with Gasteiger partial charge in [0.1, 0.15) is 0 Å². The van der Waals surface area contributed by atoms with Gasteiger partial charge in [0.05, 0.1) is 16.1 Å². The summed E-state index contributed by atoms with van der Waals surface area (Å²) >= 11 is 12.1. The zero-order chi connectivity index (χ0) is 22.0. The predicted octanol–water partition coefficient (Wildman–Crippen LogP) is 5.51. The molecule has 2 amide bonds. The number of carbonyl (C=O) groups is 1. The molecule has 0 bridgehead atoms. The number of nitrogens with zero attached hydrogens (tertiary/aromatic N) is 3. The molecule has 5 nitrogen and oxygen atoms in total. The van der Waals surface area contributed by atoms with Crippen molar-refractivity contribution in [2.75, 3.05) is 6.54 Å². The number of halogens is 2. The van der Waals surface area contributed by atoms with Gasteiger partial charge in [0, 0.05) is 43.3 Å². The predicted molar refractivity (Wildman–Crippen MR) is 124 cm³/mol. The molecule has 1 aliphatic rings. The molecule has 1 aromatic carbocycles. The molecule has 0 radical (unpaired) electrons. The van der Waals surface area contributed by atoms with Gasteiger partial charge >= 0.3 is 6.03 Å². The van der Waals surface area contributed by atoms with Gasteiger partial charge in [0.15, 0.2) is 0 Å². The summed E-state index contributed by atoms with van der Waals surface area (Å²) in [6.07, 6.45) is 5.32. The molecule has 1 atom stereocenters. The Morgan fingerprint density at radius 1 is 1.13 bits per heavy atom. The first-order chi connectivity index (χ1) is 14.9. The average Bonchev–Trinajstić information content (AvgIpc) is 2.75. The van der Waals surface area contributed by atoms with E-state index >= 15 is 0 Å². The average molecular weight is 455 g/mol. The van der Waals surface area contributed by atoms with Gasteiger partial charge < -0.3 is 10.2 Å². The molecule has 0 fully saturated rings. The molecule has 7 heteroatoms. The topological polar surface area (TPSA) is 58.1 Å². The number of benzene rings is 1. The normalized spacial score (nSPS) is 14.1. The largest absolute Gasteiger partial charge is 0.331 e. The molecule has 160 valence electrons. The number of pyridine rings is 2. The van der Waals surface area contributed by atoms with E-state index in [1.54, 1.807) is 12.1 Å². The monoisotopic (exact) mass is 454 g/mol. The number of amides is 2. The van der Waals surface area contributed by atoms with Gasteiger partial charge in [-0.2, -0.15) is 0 Å². The van der Waals surface area contributed by atoms with E-state index in [2.05, 4.69) is 27.4 Å². The molecule has 4 rings (SSSR count). The third kappa shape index (κ3) is 5.17. The van der Waals surface area contributed by atoms with Crippen LogP contribution in [0.25, 0.3) is 0 Å². The molecule has 0 spiro atoms. The molecule has 3 aromatic rings. The maximum absolute atomic E-state index is 12.9. The lowest BCUT2D eigenvalue weighted by Crippen LogP contribution is -2.43. The highest BCUT2D eigenvalue weighted by Gasteiger charge is 2.23. The number of aromatic nitrogens is 2. The van der Waals surface area contributed by atoms with Gasteiger partial charge in [0.2, 0.25) is 0 Å². The lowest BCUT2D eigenvalue weighted by Gasteiger charge is -2.30. The van der Waals surface area contributed by atoms with Gasteiger partial charge in [-0.1, -0.05) is 29.3 Å². The summed E-state index contributed by atoms with van der Waals surface area (Å²) in [7, 11) is 0. The first-order valence-corrected chi connectivity index (χ1v) is 11.0. The van der Waals surface area contributed by atoms with Crippen LogP contribution in [0.15, 0.2) is 48.8 Å². The fourth-order valence-corrected chi connectivity index (χ4v) is 4.13. The standard InChI is InChI=1S/C24H24Cl2N4O/c1-15-9-17(5-7-27-15)10-21-11-20-14-30(8-6-19(20)13-28-21)24(31)29-16(2)18-3-4-22(25)23(26)12-18/h3-5,7,9,11-13,16H,6,8,10,14H2,1-2H3,(H,29,31)/t16-/m1/s1. The van der Waals surface area contributed by atoms with E-state index in [-0.39, 0.29) is 12.1 Å². The maximum atomic E-state index is 12.9. The van der Waals surface area contributed by atoms with E-state index in [0.29, 0.717) is 23.1 Å². The van der Waals surface area contributed by atoms with Gasteiger partial charge in [-0.3, -0.25) is 9.97 Å².